The summed E-state index contributed by atoms with van der Waals surface area (Å²) >= 11 is 0. The highest BCUT2D eigenvalue weighted by molar-refractivity contribution is 5.95. The van der Waals surface area contributed by atoms with Crippen LogP contribution >= 0.6 is 0 Å². The Bertz CT molecular complexity index is 2280. The molecule has 4 aromatic rings. The van der Waals surface area contributed by atoms with Crippen molar-refractivity contribution in [2.75, 3.05) is 6.54 Å². The Balaban J connectivity index is 1.29. The van der Waals surface area contributed by atoms with Crippen LogP contribution in [0, 0.1) is 11.8 Å². The third-order valence-electron chi connectivity index (χ3n) is 11.9. The fourth-order valence-corrected chi connectivity index (χ4v) is 8.40. The summed E-state index contributed by atoms with van der Waals surface area (Å²) in [6.45, 7) is 7.81. The molecule has 0 bridgehead atoms. The van der Waals surface area contributed by atoms with Crippen molar-refractivity contribution in [3.8, 4) is 0 Å². The van der Waals surface area contributed by atoms with Gasteiger partial charge in [0.25, 0.3) is 0 Å². The first-order chi connectivity index (χ1) is 33.0. The molecule has 1 aliphatic heterocycles. The standard InChI is InChI=1S/C49H68N12O8/c1-29(2)18-36(42(62)24-43(63)56-38(19-30(3)4)45(65)58-37(44(51)64)20-31-12-7-5-8-13-31)57-47(67)40(23-34-26-53-28-55-34)59-46(66)39(21-32-14-9-6-10-15-32)60-48(68)41-16-11-17-61(41)49(69)35(50)22-33-25-52-27-54-33/h5-10,12-15,25-30,35-42,62H,11,16-24,50H2,1-4H3,(H2,51,64)(H,52,54)(H,53,55)(H,56,63)(H,57,67)(H,58,65)(H,59,66)(H,60,68)/t35-,36-,37-,38-,39-,40-,41-,42?/m0/s1. The Labute approximate surface area is 402 Å². The number of carbonyl (C=O) groups excluding carboxylic acids is 7. The van der Waals surface area contributed by atoms with Crippen LogP contribution in [0.25, 0.3) is 0 Å². The Hall–Kier alpha value is -6.93. The average Bonchev–Trinajstić information content (AvgIpc) is 4.13. The summed E-state index contributed by atoms with van der Waals surface area (Å²) in [5, 5.41) is 25.5. The van der Waals surface area contributed by atoms with Gasteiger partial charge in [-0.1, -0.05) is 88.4 Å². The Kier molecular flexibility index (Phi) is 20.0. The summed E-state index contributed by atoms with van der Waals surface area (Å²) in [4.78, 5) is 111. The molecule has 1 aliphatic rings. The van der Waals surface area contributed by atoms with Gasteiger partial charge in [0, 0.05) is 56.0 Å². The molecule has 0 aliphatic carbocycles. The zero-order chi connectivity index (χ0) is 50.0. The first-order valence-corrected chi connectivity index (χ1v) is 23.5. The van der Waals surface area contributed by atoms with E-state index in [9.17, 15) is 38.7 Å². The summed E-state index contributed by atoms with van der Waals surface area (Å²) < 4.78 is 0. The number of imidazole rings is 2. The lowest BCUT2D eigenvalue weighted by molar-refractivity contribution is -0.140. The molecule has 372 valence electrons. The van der Waals surface area contributed by atoms with Crippen LogP contribution in [0.3, 0.4) is 0 Å². The van der Waals surface area contributed by atoms with Crippen molar-refractivity contribution in [3.63, 3.8) is 0 Å². The number of aromatic nitrogens is 4. The molecule has 0 radical (unpaired) electrons. The number of likely N-dealkylation sites (tertiary alicyclic amines) is 1. The molecule has 1 unspecified atom stereocenters. The van der Waals surface area contributed by atoms with Gasteiger partial charge in [0.1, 0.15) is 30.2 Å². The van der Waals surface area contributed by atoms with Crippen LogP contribution in [0.4, 0.5) is 0 Å². The second kappa shape index (κ2) is 26.0. The number of aromatic amines is 2. The molecule has 0 spiro atoms. The Morgan fingerprint density at radius 2 is 1.20 bits per heavy atom. The van der Waals surface area contributed by atoms with Gasteiger partial charge in [-0.05, 0) is 48.6 Å². The van der Waals surface area contributed by atoms with Gasteiger partial charge in [-0.25, -0.2) is 9.97 Å². The smallest absolute Gasteiger partial charge is 0.243 e. The number of amides is 7. The summed E-state index contributed by atoms with van der Waals surface area (Å²) in [6.07, 6.45) is 5.73. The molecule has 20 heteroatoms. The van der Waals surface area contributed by atoms with Gasteiger partial charge in [0.2, 0.25) is 41.4 Å². The van der Waals surface area contributed by atoms with Crippen molar-refractivity contribution < 1.29 is 38.7 Å². The summed E-state index contributed by atoms with van der Waals surface area (Å²) in [5.41, 5.74) is 14.6. The predicted molar refractivity (Wildman–Crippen MR) is 256 cm³/mol. The van der Waals surface area contributed by atoms with Gasteiger partial charge in [-0.3, -0.25) is 33.6 Å². The van der Waals surface area contributed by atoms with Gasteiger partial charge in [0.15, 0.2) is 0 Å². The summed E-state index contributed by atoms with van der Waals surface area (Å²) in [7, 11) is 0. The van der Waals surface area contributed by atoms with E-state index in [2.05, 4.69) is 46.5 Å². The van der Waals surface area contributed by atoms with Crippen LogP contribution in [0.2, 0.25) is 0 Å². The zero-order valence-corrected chi connectivity index (χ0v) is 39.7. The van der Waals surface area contributed by atoms with Gasteiger partial charge in [-0.2, -0.15) is 0 Å². The maximum atomic E-state index is 14.4. The third-order valence-corrected chi connectivity index (χ3v) is 11.9. The fourth-order valence-electron chi connectivity index (χ4n) is 8.40. The average molecular weight is 953 g/mol. The molecule has 2 aromatic heterocycles. The number of hydrogen-bond donors (Lipinski definition) is 10. The number of nitrogens with two attached hydrogens (primary N) is 2. The van der Waals surface area contributed by atoms with E-state index >= 15 is 0 Å². The lowest BCUT2D eigenvalue weighted by atomic mass is 9.95. The van der Waals surface area contributed by atoms with E-state index in [-0.39, 0.29) is 50.4 Å². The number of rotatable bonds is 26. The van der Waals surface area contributed by atoms with Crippen molar-refractivity contribution in [1.82, 2.24) is 51.4 Å². The first kappa shape index (κ1) is 53.0. The van der Waals surface area contributed by atoms with Crippen LogP contribution < -0.4 is 38.1 Å². The van der Waals surface area contributed by atoms with Crippen molar-refractivity contribution in [3.05, 3.63) is 108 Å². The van der Waals surface area contributed by atoms with Gasteiger partial charge in [0.05, 0.1) is 37.3 Å². The molecule has 7 amide bonds. The van der Waals surface area contributed by atoms with Gasteiger partial charge < -0.3 is 58.0 Å². The highest BCUT2D eigenvalue weighted by Gasteiger charge is 2.39. The highest BCUT2D eigenvalue weighted by Crippen LogP contribution is 2.20. The molecule has 20 nitrogen and oxygen atoms in total. The van der Waals surface area contributed by atoms with Crippen LogP contribution in [-0.4, -0.2) is 126 Å². The van der Waals surface area contributed by atoms with E-state index < -0.39 is 96.2 Å². The van der Waals surface area contributed by atoms with E-state index in [0.29, 0.717) is 30.8 Å². The molecular formula is C49H68N12O8. The minimum absolute atomic E-state index is 0.0483. The van der Waals surface area contributed by atoms with Crippen LogP contribution in [0.1, 0.15) is 82.3 Å². The number of hydrogen-bond acceptors (Lipinski definition) is 11. The van der Waals surface area contributed by atoms with Crippen LogP contribution in [0.5, 0.6) is 0 Å². The van der Waals surface area contributed by atoms with Crippen molar-refractivity contribution in [1.29, 1.82) is 0 Å². The molecular weight excluding hydrogens is 885 g/mol. The van der Waals surface area contributed by atoms with Crippen LogP contribution in [0.15, 0.2) is 85.7 Å². The summed E-state index contributed by atoms with van der Waals surface area (Å²) in [5.74, 6) is -4.47. The molecule has 8 atom stereocenters. The minimum Gasteiger partial charge on any atom is -0.390 e. The minimum atomic E-state index is -1.44. The van der Waals surface area contributed by atoms with E-state index in [1.165, 1.54) is 23.8 Å². The van der Waals surface area contributed by atoms with Crippen molar-refractivity contribution in [2.24, 2.45) is 23.3 Å². The molecule has 12 N–H and O–H groups in total. The largest absolute Gasteiger partial charge is 0.390 e. The Morgan fingerprint density at radius 1 is 0.681 bits per heavy atom. The number of aliphatic hydroxyl groups excluding tert-OH is 1. The number of nitrogens with zero attached hydrogens (tertiary/aromatic N) is 3. The van der Waals surface area contributed by atoms with Crippen molar-refractivity contribution in [2.45, 2.75) is 134 Å². The second-order valence-corrected chi connectivity index (χ2v) is 18.6. The third kappa shape index (κ3) is 16.7. The molecule has 1 saturated heterocycles. The number of aliphatic hydroxyl groups is 1. The number of primary amides is 1. The molecule has 5 rings (SSSR count). The van der Waals surface area contributed by atoms with E-state index in [1.54, 1.807) is 54.7 Å². The maximum absolute atomic E-state index is 14.4. The number of nitrogens with one attached hydrogen (secondary N) is 7. The molecule has 1 fully saturated rings. The quantitative estimate of drug-likeness (QED) is 0.0413. The normalized spacial score (nSPS) is 16.6. The number of H-pyrrole nitrogens is 2. The zero-order valence-electron chi connectivity index (χ0n) is 39.7. The Morgan fingerprint density at radius 3 is 1.75 bits per heavy atom. The molecule has 0 saturated carbocycles. The number of carbonyl (C=O) groups is 7. The van der Waals surface area contributed by atoms with Gasteiger partial charge in [-0.15, -0.1) is 0 Å². The molecule has 3 heterocycles. The van der Waals surface area contributed by atoms with E-state index in [4.69, 9.17) is 11.5 Å². The van der Waals surface area contributed by atoms with Crippen LogP contribution in [-0.2, 0) is 59.2 Å². The SMILES string of the molecule is CC(C)C[C@H](NC(=O)CC(O)[C@H](CC(C)C)NC(=O)[C@H](Cc1cnc[nH]1)NC(=O)[C@H](Cc1ccccc1)NC(=O)[C@@H]1CCCN1C(=O)[C@@H](N)Cc1cnc[nH]1)C(=O)N[C@@H](Cc1ccccc1)C(N)=O. The second-order valence-electron chi connectivity index (χ2n) is 18.6. The fraction of sp³-hybridized carbons (Fsp3) is 0.490. The topological polar surface area (TPSA) is 313 Å². The summed E-state index contributed by atoms with van der Waals surface area (Å²) in [6, 6.07) is 10.7. The molecule has 69 heavy (non-hydrogen) atoms. The van der Waals surface area contributed by atoms with Gasteiger partial charge >= 0.3 is 0 Å². The van der Waals surface area contributed by atoms with E-state index in [1.807, 2.05) is 39.8 Å². The first-order valence-electron chi connectivity index (χ1n) is 23.5. The van der Waals surface area contributed by atoms with E-state index in [0.717, 1.165) is 11.1 Å². The maximum Gasteiger partial charge on any atom is 0.243 e. The number of benzene rings is 2. The predicted octanol–water partition coefficient (Wildman–Crippen LogP) is 0.474. The van der Waals surface area contributed by atoms with Crippen molar-refractivity contribution >= 4 is 41.4 Å². The lowest BCUT2D eigenvalue weighted by Crippen LogP contribution is -2.59. The highest BCUT2D eigenvalue weighted by atomic mass is 16.3. The molecule has 2 aromatic carbocycles. The monoisotopic (exact) mass is 953 g/mol. The lowest BCUT2D eigenvalue weighted by Gasteiger charge is -2.30.